The van der Waals surface area contributed by atoms with E-state index in [9.17, 15) is 19.5 Å². The molecule has 0 aromatic heterocycles. The van der Waals surface area contributed by atoms with E-state index in [1.165, 1.54) is 7.11 Å². The molecule has 3 rings (SSSR count). The molecule has 9 nitrogen and oxygen atoms in total. The molecule has 2 amide bonds. The molecule has 0 bridgehead atoms. The molecule has 1 saturated heterocycles. The number of ether oxygens (including phenoxy) is 3. The Morgan fingerprint density at radius 3 is 2.59 bits per heavy atom. The van der Waals surface area contributed by atoms with E-state index in [4.69, 9.17) is 19.3 Å². The monoisotopic (exact) mass is 511 g/mol. The van der Waals surface area contributed by atoms with Crippen LogP contribution in [0.1, 0.15) is 37.9 Å². The maximum absolute atomic E-state index is 13.3. The number of cyclic esters (lactones) is 1. The normalized spacial score (nSPS) is 29.0. The minimum atomic E-state index is -1.87. The third kappa shape index (κ3) is 4.79. The largest absolute Gasteiger partial charge is 0.439 e. The first-order valence-electron chi connectivity index (χ1n) is 10.3. The Labute approximate surface area is 194 Å². The number of carbonyl (C=O) groups is 3. The molecule has 2 aliphatic heterocycles. The van der Waals surface area contributed by atoms with Crippen LogP contribution in [-0.4, -0.2) is 70.7 Å². The van der Waals surface area contributed by atoms with Gasteiger partial charge in [-0.3, -0.25) is 9.59 Å². The highest BCUT2D eigenvalue weighted by molar-refractivity contribution is 9.11. The van der Waals surface area contributed by atoms with E-state index in [-0.39, 0.29) is 17.5 Å². The van der Waals surface area contributed by atoms with Crippen molar-refractivity contribution in [2.24, 2.45) is 0 Å². The zero-order chi connectivity index (χ0) is 23.5. The van der Waals surface area contributed by atoms with Crippen LogP contribution in [0.3, 0.4) is 0 Å². The molecule has 2 N–H and O–H groups in total. The molecule has 1 aromatic rings. The number of nitrogens with zero attached hydrogens (tertiary/aromatic N) is 1. The van der Waals surface area contributed by atoms with Crippen LogP contribution in [0.5, 0.6) is 0 Å². The van der Waals surface area contributed by atoms with Gasteiger partial charge in [0, 0.05) is 20.1 Å². The summed E-state index contributed by atoms with van der Waals surface area (Å²) in [5, 5.41) is 19.9. The highest BCUT2D eigenvalue weighted by Gasteiger charge is 2.51. The maximum atomic E-state index is 13.3. The molecule has 5 atom stereocenters. The van der Waals surface area contributed by atoms with Crippen LogP contribution in [0.4, 0.5) is 4.79 Å². The third-order valence-electron chi connectivity index (χ3n) is 5.58. The van der Waals surface area contributed by atoms with E-state index in [0.29, 0.717) is 12.8 Å². The van der Waals surface area contributed by atoms with Gasteiger partial charge in [-0.2, -0.15) is 0 Å². The molecule has 0 saturated carbocycles. The summed E-state index contributed by atoms with van der Waals surface area (Å²) in [4.78, 5) is 39.4. The van der Waals surface area contributed by atoms with Gasteiger partial charge in [0.15, 0.2) is 23.8 Å². The molecular formula is C22H26BrNO8. The van der Waals surface area contributed by atoms with E-state index < -0.39 is 47.9 Å². The van der Waals surface area contributed by atoms with Crippen LogP contribution < -0.4 is 0 Å². The van der Waals surface area contributed by atoms with Gasteiger partial charge in [0.1, 0.15) is 6.10 Å². The zero-order valence-electron chi connectivity index (χ0n) is 17.8. The van der Waals surface area contributed by atoms with Crippen molar-refractivity contribution in [3.8, 4) is 0 Å². The summed E-state index contributed by atoms with van der Waals surface area (Å²) in [6.07, 6.45) is -2.40. The molecule has 0 radical (unpaired) electrons. The van der Waals surface area contributed by atoms with Gasteiger partial charge in [-0.25, -0.2) is 9.69 Å². The number of hydrogen-bond acceptors (Lipinski definition) is 8. The first-order valence-corrected chi connectivity index (χ1v) is 11.1. The van der Waals surface area contributed by atoms with Crippen molar-refractivity contribution in [2.75, 3.05) is 13.7 Å². The lowest BCUT2D eigenvalue weighted by molar-refractivity contribution is -0.227. The fourth-order valence-corrected chi connectivity index (χ4v) is 4.36. The first-order chi connectivity index (χ1) is 15.2. The smallest absolute Gasteiger partial charge is 0.417 e. The van der Waals surface area contributed by atoms with Crippen LogP contribution in [0, 0.1) is 0 Å². The van der Waals surface area contributed by atoms with Gasteiger partial charge in [-0.05, 0) is 47.3 Å². The van der Waals surface area contributed by atoms with Gasteiger partial charge in [0.2, 0.25) is 0 Å². The Bertz CT molecular complexity index is 891. The molecular weight excluding hydrogens is 486 g/mol. The number of rotatable bonds is 8. The van der Waals surface area contributed by atoms with Gasteiger partial charge in [-0.15, -0.1) is 0 Å². The minimum Gasteiger partial charge on any atom is -0.439 e. The van der Waals surface area contributed by atoms with E-state index >= 15 is 0 Å². The summed E-state index contributed by atoms with van der Waals surface area (Å²) in [6.45, 7) is 1.61. The number of methoxy groups -OCH3 is 1. The molecule has 2 aliphatic rings. The number of unbranched alkanes of at least 4 members (excludes halogenated alkanes) is 1. The van der Waals surface area contributed by atoms with E-state index in [2.05, 4.69) is 15.9 Å². The number of hydrogen-bond donors (Lipinski definition) is 2. The Kier molecular flexibility index (Phi) is 7.84. The van der Waals surface area contributed by atoms with Crippen molar-refractivity contribution in [3.63, 3.8) is 0 Å². The molecule has 2 heterocycles. The van der Waals surface area contributed by atoms with E-state index in [0.717, 1.165) is 16.5 Å². The second-order valence-electron chi connectivity index (χ2n) is 7.72. The topological polar surface area (TPSA) is 123 Å². The summed E-state index contributed by atoms with van der Waals surface area (Å²) >= 11 is 3.15. The summed E-state index contributed by atoms with van der Waals surface area (Å²) in [7, 11) is 1.22. The van der Waals surface area contributed by atoms with Gasteiger partial charge in [0.25, 0.3) is 5.91 Å². The summed E-state index contributed by atoms with van der Waals surface area (Å²) in [5.74, 6) is -3.26. The molecule has 10 heteroatoms. The number of benzene rings is 1. The SMILES string of the molecule is CO[C@H](C(=O)N1C(=O)O[C@H](c2ccccc2)[C@@H]1C)[C@H]1O[C@](O)(CCCCO)C(Br)=CC1=O. The zero-order valence-corrected chi connectivity index (χ0v) is 19.4. The number of ketones is 1. The predicted molar refractivity (Wildman–Crippen MR) is 116 cm³/mol. The summed E-state index contributed by atoms with van der Waals surface area (Å²) in [5.41, 5.74) is 0.729. The molecule has 0 unspecified atom stereocenters. The van der Waals surface area contributed by atoms with Crippen LogP contribution in [0.2, 0.25) is 0 Å². The molecule has 0 aliphatic carbocycles. The molecule has 174 valence electrons. The lowest BCUT2D eigenvalue weighted by Gasteiger charge is -2.38. The van der Waals surface area contributed by atoms with E-state index in [1.54, 1.807) is 31.2 Å². The Balaban J connectivity index is 1.82. The fraction of sp³-hybridized carbons (Fsp3) is 0.500. The molecule has 0 spiro atoms. The number of carbonyl (C=O) groups excluding carboxylic acids is 3. The molecule has 32 heavy (non-hydrogen) atoms. The molecule has 1 aromatic carbocycles. The first kappa shape index (κ1) is 24.5. The second-order valence-corrected chi connectivity index (χ2v) is 8.57. The van der Waals surface area contributed by atoms with Gasteiger partial charge >= 0.3 is 6.09 Å². The van der Waals surface area contributed by atoms with Crippen LogP contribution in [-0.2, 0) is 23.8 Å². The summed E-state index contributed by atoms with van der Waals surface area (Å²) in [6, 6.07) is 8.36. The lowest BCUT2D eigenvalue weighted by Crippen LogP contribution is -2.56. The molecule has 1 fully saturated rings. The Morgan fingerprint density at radius 1 is 1.28 bits per heavy atom. The Morgan fingerprint density at radius 2 is 1.97 bits per heavy atom. The van der Waals surface area contributed by atoms with Crippen LogP contribution in [0.15, 0.2) is 40.9 Å². The second kappa shape index (κ2) is 10.2. The van der Waals surface area contributed by atoms with Crippen molar-refractivity contribution in [1.29, 1.82) is 0 Å². The number of aliphatic hydroxyl groups excluding tert-OH is 1. The lowest BCUT2D eigenvalue weighted by atomic mass is 9.98. The van der Waals surface area contributed by atoms with Crippen molar-refractivity contribution >= 4 is 33.7 Å². The van der Waals surface area contributed by atoms with Crippen molar-refractivity contribution in [1.82, 2.24) is 4.90 Å². The van der Waals surface area contributed by atoms with Crippen molar-refractivity contribution in [3.05, 3.63) is 46.5 Å². The number of halogens is 1. The fourth-order valence-electron chi connectivity index (χ4n) is 3.85. The number of imide groups is 1. The van der Waals surface area contributed by atoms with Crippen molar-refractivity contribution < 1.29 is 38.8 Å². The third-order valence-corrected chi connectivity index (χ3v) is 6.42. The average Bonchev–Trinajstić information content (AvgIpc) is 3.07. The number of amides is 2. The average molecular weight is 512 g/mol. The highest BCUT2D eigenvalue weighted by atomic mass is 79.9. The Hall–Kier alpha value is -2.11. The van der Waals surface area contributed by atoms with Crippen LogP contribution >= 0.6 is 15.9 Å². The highest BCUT2D eigenvalue weighted by Crippen LogP contribution is 2.37. The van der Waals surface area contributed by atoms with Gasteiger partial charge in [-0.1, -0.05) is 30.3 Å². The van der Waals surface area contributed by atoms with Gasteiger partial charge < -0.3 is 24.4 Å². The van der Waals surface area contributed by atoms with Crippen LogP contribution in [0.25, 0.3) is 0 Å². The van der Waals surface area contributed by atoms with Crippen molar-refractivity contribution in [2.45, 2.75) is 56.3 Å². The summed E-state index contributed by atoms with van der Waals surface area (Å²) < 4.78 is 16.5. The standard InChI is InChI=1S/C22H26BrNO8/c1-13-17(14-8-4-3-5-9-14)31-21(28)24(13)20(27)19(30-2)18-15(26)12-16(23)22(29,32-18)10-6-7-11-25/h3-5,8-9,12-13,17-19,25,29H,6-7,10-11H2,1-2H3/t13-,17-,18-,19-,22+/m0/s1. The number of aliphatic hydroxyl groups is 2. The van der Waals surface area contributed by atoms with Gasteiger partial charge in [0.05, 0.1) is 10.5 Å². The predicted octanol–water partition coefficient (Wildman–Crippen LogP) is 2.21. The minimum absolute atomic E-state index is 0.0590. The maximum Gasteiger partial charge on any atom is 0.417 e. The van der Waals surface area contributed by atoms with E-state index in [1.807, 2.05) is 6.07 Å². The quantitative estimate of drug-likeness (QED) is 0.509.